The second-order valence-corrected chi connectivity index (χ2v) is 7.30. The number of benzene rings is 3. The molecule has 0 saturated carbocycles. The summed E-state index contributed by atoms with van der Waals surface area (Å²) in [5.41, 5.74) is 3.30. The number of fused-ring (bicyclic) bond motifs is 1. The zero-order valence-electron chi connectivity index (χ0n) is 13.4. The predicted octanol–water partition coefficient (Wildman–Crippen LogP) is 6.01. The third-order valence-corrected chi connectivity index (χ3v) is 4.84. The molecule has 0 aliphatic rings. The van der Waals surface area contributed by atoms with E-state index in [0.717, 1.165) is 9.13 Å². The zero-order chi connectivity index (χ0) is 18.1. The fourth-order valence-electron chi connectivity index (χ4n) is 2.58. The Bertz CT molecular complexity index is 1110. The van der Waals surface area contributed by atoms with E-state index in [1.54, 1.807) is 30.3 Å². The fraction of sp³-hybridized carbons (Fsp3) is 0. The summed E-state index contributed by atoms with van der Waals surface area (Å²) in [4.78, 5) is 17.0. The van der Waals surface area contributed by atoms with Crippen LogP contribution in [-0.4, -0.2) is 10.9 Å². The van der Waals surface area contributed by atoms with E-state index in [-0.39, 0.29) is 5.91 Å². The van der Waals surface area contributed by atoms with Gasteiger partial charge in [-0.15, -0.1) is 0 Å². The van der Waals surface area contributed by atoms with Crippen molar-refractivity contribution >= 4 is 56.9 Å². The summed E-state index contributed by atoms with van der Waals surface area (Å²) in [6, 6.07) is 20.3. The molecular weight excluding hydrogens is 463 g/mol. The molecule has 26 heavy (non-hydrogen) atoms. The van der Waals surface area contributed by atoms with Crippen LogP contribution in [0.1, 0.15) is 10.4 Å². The molecule has 0 saturated heterocycles. The van der Waals surface area contributed by atoms with Gasteiger partial charge in [-0.05, 0) is 71.1 Å². The summed E-state index contributed by atoms with van der Waals surface area (Å²) >= 11 is 8.28. The van der Waals surface area contributed by atoms with Gasteiger partial charge in [0.1, 0.15) is 5.52 Å². The van der Waals surface area contributed by atoms with Crippen molar-refractivity contribution in [1.82, 2.24) is 4.98 Å². The maximum atomic E-state index is 12.5. The number of anilines is 1. The molecular formula is C20H12ClIN2O2. The van der Waals surface area contributed by atoms with Gasteiger partial charge in [0.15, 0.2) is 5.58 Å². The van der Waals surface area contributed by atoms with Crippen LogP contribution in [0.25, 0.3) is 22.6 Å². The smallest absolute Gasteiger partial charge is 0.257 e. The van der Waals surface area contributed by atoms with Crippen LogP contribution in [0.3, 0.4) is 0 Å². The fourth-order valence-corrected chi connectivity index (χ4v) is 3.27. The third-order valence-electron chi connectivity index (χ3n) is 3.84. The first-order valence-corrected chi connectivity index (χ1v) is 9.28. The lowest BCUT2D eigenvalue weighted by Gasteiger charge is -2.07. The van der Waals surface area contributed by atoms with Crippen molar-refractivity contribution in [3.05, 3.63) is 80.9 Å². The van der Waals surface area contributed by atoms with Crippen LogP contribution in [0.15, 0.2) is 71.1 Å². The predicted molar refractivity (Wildman–Crippen MR) is 112 cm³/mol. The van der Waals surface area contributed by atoms with E-state index in [9.17, 15) is 4.79 Å². The Morgan fingerprint density at radius 1 is 1.04 bits per heavy atom. The molecule has 0 radical (unpaired) electrons. The average molecular weight is 475 g/mol. The molecule has 128 valence electrons. The molecule has 0 fully saturated rings. The molecule has 0 atom stereocenters. The lowest BCUT2D eigenvalue weighted by molar-refractivity contribution is 0.102. The van der Waals surface area contributed by atoms with Gasteiger partial charge >= 0.3 is 0 Å². The largest absolute Gasteiger partial charge is 0.436 e. The summed E-state index contributed by atoms with van der Waals surface area (Å²) in [7, 11) is 0. The average Bonchev–Trinajstić information content (AvgIpc) is 3.08. The molecule has 0 spiro atoms. The van der Waals surface area contributed by atoms with Gasteiger partial charge in [-0.25, -0.2) is 4.98 Å². The minimum absolute atomic E-state index is 0.264. The minimum Gasteiger partial charge on any atom is -0.436 e. The molecule has 6 heteroatoms. The highest BCUT2D eigenvalue weighted by Crippen LogP contribution is 2.27. The molecule has 0 bridgehead atoms. The second kappa shape index (κ2) is 7.09. The maximum absolute atomic E-state index is 12.5. The van der Waals surface area contributed by atoms with Crippen molar-refractivity contribution < 1.29 is 9.21 Å². The highest BCUT2D eigenvalue weighted by molar-refractivity contribution is 14.1. The van der Waals surface area contributed by atoms with E-state index in [0.29, 0.717) is 33.3 Å². The van der Waals surface area contributed by atoms with Gasteiger partial charge in [0.25, 0.3) is 5.91 Å². The number of rotatable bonds is 3. The number of carbonyl (C=O) groups excluding carboxylic acids is 1. The Hall–Kier alpha value is -2.38. The van der Waals surface area contributed by atoms with Crippen LogP contribution in [0.4, 0.5) is 5.69 Å². The molecule has 4 aromatic rings. The number of halogens is 2. The van der Waals surface area contributed by atoms with E-state index in [2.05, 4.69) is 32.9 Å². The van der Waals surface area contributed by atoms with E-state index in [1.165, 1.54) is 0 Å². The first kappa shape index (κ1) is 17.1. The highest BCUT2D eigenvalue weighted by Gasteiger charge is 2.13. The number of amides is 1. The van der Waals surface area contributed by atoms with Crippen LogP contribution in [-0.2, 0) is 0 Å². The summed E-state index contributed by atoms with van der Waals surface area (Å²) in [5, 5.41) is 3.27. The summed E-state index contributed by atoms with van der Waals surface area (Å²) in [5.74, 6) is 0.282. The molecule has 4 rings (SSSR count). The van der Waals surface area contributed by atoms with Crippen molar-refractivity contribution in [2.24, 2.45) is 0 Å². The van der Waals surface area contributed by atoms with Gasteiger partial charge in [0.2, 0.25) is 5.89 Å². The van der Waals surface area contributed by atoms with Crippen molar-refractivity contribution in [3.8, 4) is 11.5 Å². The van der Waals surface area contributed by atoms with E-state index in [1.807, 2.05) is 36.4 Å². The van der Waals surface area contributed by atoms with Gasteiger partial charge in [0, 0.05) is 14.8 Å². The lowest BCUT2D eigenvalue weighted by Crippen LogP contribution is -2.12. The van der Waals surface area contributed by atoms with Crippen LogP contribution in [0.5, 0.6) is 0 Å². The maximum Gasteiger partial charge on any atom is 0.257 e. The number of nitrogens with one attached hydrogen (secondary N) is 1. The topological polar surface area (TPSA) is 55.1 Å². The first-order valence-electron chi connectivity index (χ1n) is 7.82. The summed E-state index contributed by atoms with van der Waals surface area (Å²) in [6.45, 7) is 0. The molecule has 3 aromatic carbocycles. The Morgan fingerprint density at radius 2 is 1.85 bits per heavy atom. The number of nitrogens with zero attached hydrogens (tertiary/aromatic N) is 1. The second-order valence-electron chi connectivity index (χ2n) is 5.65. The summed E-state index contributed by atoms with van der Waals surface area (Å²) in [6.07, 6.45) is 0. The van der Waals surface area contributed by atoms with Gasteiger partial charge in [0.05, 0.1) is 10.6 Å². The summed E-state index contributed by atoms with van der Waals surface area (Å²) < 4.78 is 6.73. The van der Waals surface area contributed by atoms with Crippen molar-refractivity contribution in [2.75, 3.05) is 5.32 Å². The Morgan fingerprint density at radius 3 is 2.65 bits per heavy atom. The number of hydrogen-bond acceptors (Lipinski definition) is 3. The van der Waals surface area contributed by atoms with Crippen LogP contribution >= 0.6 is 34.2 Å². The molecule has 0 unspecified atom stereocenters. The number of hydrogen-bond donors (Lipinski definition) is 1. The van der Waals surface area contributed by atoms with E-state index in [4.69, 9.17) is 16.0 Å². The number of aromatic nitrogens is 1. The highest BCUT2D eigenvalue weighted by atomic mass is 127. The van der Waals surface area contributed by atoms with Gasteiger partial charge < -0.3 is 9.73 Å². The monoisotopic (exact) mass is 474 g/mol. The van der Waals surface area contributed by atoms with Crippen LogP contribution < -0.4 is 5.32 Å². The van der Waals surface area contributed by atoms with Gasteiger partial charge in [-0.2, -0.15) is 0 Å². The molecule has 1 N–H and O–H groups in total. The van der Waals surface area contributed by atoms with E-state index >= 15 is 0 Å². The van der Waals surface area contributed by atoms with Gasteiger partial charge in [-0.1, -0.05) is 29.8 Å². The Kier molecular flexibility index (Phi) is 4.65. The molecule has 1 heterocycles. The van der Waals surface area contributed by atoms with Crippen molar-refractivity contribution in [2.45, 2.75) is 0 Å². The first-order chi connectivity index (χ1) is 12.6. The number of oxazole rings is 1. The standard InChI is InChI=1S/C20H12ClIN2O2/c21-16-8-6-13(22)10-15(16)19(25)23-14-7-9-18-17(11-14)24-20(26-18)12-4-2-1-3-5-12/h1-11H,(H,23,25). The normalized spacial score (nSPS) is 10.8. The lowest BCUT2D eigenvalue weighted by atomic mass is 10.2. The number of carbonyl (C=O) groups is 1. The Labute approximate surface area is 168 Å². The zero-order valence-corrected chi connectivity index (χ0v) is 16.3. The van der Waals surface area contributed by atoms with Crippen molar-refractivity contribution in [1.29, 1.82) is 0 Å². The van der Waals surface area contributed by atoms with Crippen LogP contribution in [0.2, 0.25) is 5.02 Å². The van der Waals surface area contributed by atoms with E-state index < -0.39 is 0 Å². The quantitative estimate of drug-likeness (QED) is 0.370. The molecule has 4 nitrogen and oxygen atoms in total. The molecule has 1 aromatic heterocycles. The van der Waals surface area contributed by atoms with Gasteiger partial charge in [-0.3, -0.25) is 4.79 Å². The van der Waals surface area contributed by atoms with Crippen molar-refractivity contribution in [3.63, 3.8) is 0 Å². The molecule has 1 amide bonds. The van der Waals surface area contributed by atoms with Crippen LogP contribution in [0, 0.1) is 3.57 Å². The molecule has 0 aliphatic heterocycles. The third kappa shape index (κ3) is 3.45. The molecule has 0 aliphatic carbocycles. The Balaban J connectivity index is 1.63. The minimum atomic E-state index is -0.264. The SMILES string of the molecule is O=C(Nc1ccc2oc(-c3ccccc3)nc2c1)c1cc(I)ccc1Cl.